The van der Waals surface area contributed by atoms with Crippen molar-refractivity contribution >= 4 is 0 Å². The summed E-state index contributed by atoms with van der Waals surface area (Å²) in [5, 5.41) is 3.20. The lowest BCUT2D eigenvalue weighted by Gasteiger charge is -2.06. The Bertz CT molecular complexity index is 122. The molecular weight excluding hydrogens is 184 g/mol. The van der Waals surface area contributed by atoms with E-state index < -0.39 is 0 Å². The number of rotatable bonds is 9. The summed E-state index contributed by atoms with van der Waals surface area (Å²) in [6.07, 6.45) is 8.01. The molecule has 0 rings (SSSR count). The molecule has 0 aliphatic rings. The molecule has 0 spiro atoms. The van der Waals surface area contributed by atoms with Crippen LogP contribution in [0.2, 0.25) is 0 Å². The van der Waals surface area contributed by atoms with Gasteiger partial charge in [0.15, 0.2) is 0 Å². The van der Waals surface area contributed by atoms with E-state index >= 15 is 0 Å². The lowest BCUT2D eigenvalue weighted by molar-refractivity contribution is 0.592. The SMILES string of the molecule is C=C(CN)NCCCCCCCC.CC. The Morgan fingerprint density at radius 1 is 1.07 bits per heavy atom. The first-order chi connectivity index (χ1) is 7.31. The molecule has 0 fully saturated rings. The van der Waals surface area contributed by atoms with Crippen molar-refractivity contribution in [3.8, 4) is 0 Å². The first kappa shape index (κ1) is 16.9. The molecule has 15 heavy (non-hydrogen) atoms. The molecule has 0 bridgehead atoms. The third kappa shape index (κ3) is 16.2. The van der Waals surface area contributed by atoms with Crippen molar-refractivity contribution in [2.45, 2.75) is 59.3 Å². The quantitative estimate of drug-likeness (QED) is 0.577. The fourth-order valence-electron chi connectivity index (χ4n) is 1.24. The Kier molecular flexibility index (Phi) is 18.0. The molecule has 0 saturated carbocycles. The zero-order valence-electron chi connectivity index (χ0n) is 10.9. The van der Waals surface area contributed by atoms with Gasteiger partial charge in [-0.15, -0.1) is 0 Å². The van der Waals surface area contributed by atoms with Gasteiger partial charge in [-0.2, -0.15) is 0 Å². The van der Waals surface area contributed by atoms with E-state index in [1.807, 2.05) is 13.8 Å². The largest absolute Gasteiger partial charge is 0.388 e. The number of nitrogens with one attached hydrogen (secondary N) is 1. The lowest BCUT2D eigenvalue weighted by atomic mass is 10.1. The Morgan fingerprint density at radius 3 is 2.13 bits per heavy atom. The molecule has 2 heteroatoms. The molecule has 0 amide bonds. The van der Waals surface area contributed by atoms with Crippen LogP contribution >= 0.6 is 0 Å². The normalized spacial score (nSPS) is 9.07. The van der Waals surface area contributed by atoms with E-state index in [-0.39, 0.29) is 0 Å². The van der Waals surface area contributed by atoms with Crippen LogP contribution in [-0.4, -0.2) is 13.1 Å². The van der Waals surface area contributed by atoms with Crippen molar-refractivity contribution in [1.29, 1.82) is 0 Å². The van der Waals surface area contributed by atoms with Gasteiger partial charge in [0.05, 0.1) is 0 Å². The number of nitrogens with two attached hydrogens (primary N) is 1. The minimum Gasteiger partial charge on any atom is -0.388 e. The Balaban J connectivity index is 0. The molecule has 3 N–H and O–H groups in total. The summed E-state index contributed by atoms with van der Waals surface area (Å²) in [4.78, 5) is 0. The summed E-state index contributed by atoms with van der Waals surface area (Å²) in [7, 11) is 0. The van der Waals surface area contributed by atoms with Crippen molar-refractivity contribution < 1.29 is 0 Å². The molecule has 92 valence electrons. The van der Waals surface area contributed by atoms with Gasteiger partial charge in [0, 0.05) is 18.8 Å². The van der Waals surface area contributed by atoms with Crippen LogP contribution < -0.4 is 11.1 Å². The van der Waals surface area contributed by atoms with Gasteiger partial charge in [-0.05, 0) is 6.42 Å². The molecule has 0 unspecified atom stereocenters. The monoisotopic (exact) mass is 214 g/mol. The van der Waals surface area contributed by atoms with E-state index in [1.165, 1.54) is 38.5 Å². The minimum atomic E-state index is 0.551. The fraction of sp³-hybridized carbons (Fsp3) is 0.846. The van der Waals surface area contributed by atoms with Crippen LogP contribution in [0.1, 0.15) is 59.3 Å². The number of hydrogen-bond acceptors (Lipinski definition) is 2. The lowest BCUT2D eigenvalue weighted by Crippen LogP contribution is -2.20. The van der Waals surface area contributed by atoms with Crippen LogP contribution in [0.3, 0.4) is 0 Å². The number of hydrogen-bond donors (Lipinski definition) is 2. The standard InChI is InChI=1S/C11H24N2.C2H6/c1-3-4-5-6-7-8-9-13-11(2)10-12;1-2/h13H,2-10,12H2,1H3;1-2H3. The molecule has 0 aromatic heterocycles. The van der Waals surface area contributed by atoms with Gasteiger partial charge in [-0.25, -0.2) is 0 Å². The van der Waals surface area contributed by atoms with Gasteiger partial charge in [-0.3, -0.25) is 0 Å². The Labute approximate surface area is 96.3 Å². The highest BCUT2D eigenvalue weighted by Gasteiger charge is 1.90. The van der Waals surface area contributed by atoms with Gasteiger partial charge in [0.2, 0.25) is 0 Å². The maximum atomic E-state index is 5.39. The Hall–Kier alpha value is -0.500. The molecule has 2 nitrogen and oxygen atoms in total. The molecule has 0 radical (unpaired) electrons. The van der Waals surface area contributed by atoms with E-state index in [4.69, 9.17) is 5.73 Å². The fourth-order valence-corrected chi connectivity index (χ4v) is 1.24. The smallest absolute Gasteiger partial charge is 0.0322 e. The molecule has 0 aliphatic carbocycles. The summed E-state index contributed by atoms with van der Waals surface area (Å²) in [5.41, 5.74) is 6.34. The minimum absolute atomic E-state index is 0.551. The van der Waals surface area contributed by atoms with Crippen molar-refractivity contribution in [1.82, 2.24) is 5.32 Å². The second-order valence-electron chi connectivity index (χ2n) is 3.50. The topological polar surface area (TPSA) is 38.0 Å². The van der Waals surface area contributed by atoms with Crippen molar-refractivity contribution in [3.05, 3.63) is 12.3 Å². The van der Waals surface area contributed by atoms with Crippen LogP contribution in [0.5, 0.6) is 0 Å². The van der Waals surface area contributed by atoms with Crippen molar-refractivity contribution in [3.63, 3.8) is 0 Å². The average molecular weight is 214 g/mol. The van der Waals surface area contributed by atoms with Crippen LogP contribution in [-0.2, 0) is 0 Å². The maximum Gasteiger partial charge on any atom is 0.0322 e. The van der Waals surface area contributed by atoms with Crippen LogP contribution in [0.4, 0.5) is 0 Å². The summed E-state index contributed by atoms with van der Waals surface area (Å²) in [6, 6.07) is 0. The van der Waals surface area contributed by atoms with Gasteiger partial charge in [-0.1, -0.05) is 59.5 Å². The highest BCUT2D eigenvalue weighted by molar-refractivity contribution is 4.91. The van der Waals surface area contributed by atoms with Crippen LogP contribution in [0.15, 0.2) is 12.3 Å². The van der Waals surface area contributed by atoms with Gasteiger partial charge >= 0.3 is 0 Å². The van der Waals surface area contributed by atoms with Crippen LogP contribution in [0.25, 0.3) is 0 Å². The Morgan fingerprint density at radius 2 is 1.60 bits per heavy atom. The maximum absolute atomic E-state index is 5.39. The summed E-state index contributed by atoms with van der Waals surface area (Å²) in [6.45, 7) is 11.6. The average Bonchev–Trinajstić information content (AvgIpc) is 2.30. The zero-order chi connectivity index (χ0) is 11.9. The van der Waals surface area contributed by atoms with E-state index in [1.54, 1.807) is 0 Å². The highest BCUT2D eigenvalue weighted by atomic mass is 14.9. The second kappa shape index (κ2) is 15.9. The van der Waals surface area contributed by atoms with Crippen LogP contribution in [0, 0.1) is 0 Å². The van der Waals surface area contributed by atoms with Crippen molar-refractivity contribution in [2.24, 2.45) is 5.73 Å². The zero-order valence-corrected chi connectivity index (χ0v) is 10.9. The summed E-state index contributed by atoms with van der Waals surface area (Å²) >= 11 is 0. The third-order valence-corrected chi connectivity index (χ3v) is 2.15. The van der Waals surface area contributed by atoms with E-state index in [2.05, 4.69) is 18.8 Å². The molecule has 0 aliphatic heterocycles. The summed E-state index contributed by atoms with van der Waals surface area (Å²) < 4.78 is 0. The van der Waals surface area contributed by atoms with E-state index in [9.17, 15) is 0 Å². The van der Waals surface area contributed by atoms with Gasteiger partial charge < -0.3 is 11.1 Å². The van der Waals surface area contributed by atoms with Crippen molar-refractivity contribution in [2.75, 3.05) is 13.1 Å². The summed E-state index contributed by atoms with van der Waals surface area (Å²) in [5.74, 6) is 0. The molecule has 0 heterocycles. The first-order valence-corrected chi connectivity index (χ1v) is 6.43. The first-order valence-electron chi connectivity index (χ1n) is 6.43. The molecule has 0 saturated heterocycles. The van der Waals surface area contributed by atoms with E-state index in [0.717, 1.165) is 12.2 Å². The van der Waals surface area contributed by atoms with E-state index in [0.29, 0.717) is 6.54 Å². The molecular formula is C13H30N2. The second-order valence-corrected chi connectivity index (χ2v) is 3.50. The third-order valence-electron chi connectivity index (χ3n) is 2.15. The molecule has 0 aromatic rings. The highest BCUT2D eigenvalue weighted by Crippen LogP contribution is 2.04. The number of unbranched alkanes of at least 4 members (excludes halogenated alkanes) is 5. The predicted molar refractivity (Wildman–Crippen MR) is 70.9 cm³/mol. The molecule has 0 aromatic carbocycles. The van der Waals surface area contributed by atoms with Gasteiger partial charge in [0.1, 0.15) is 0 Å². The predicted octanol–water partition coefficient (Wildman–Crippen LogP) is 3.44. The van der Waals surface area contributed by atoms with Gasteiger partial charge in [0.25, 0.3) is 0 Å². The molecule has 0 atom stereocenters.